The van der Waals surface area contributed by atoms with Gasteiger partial charge in [0, 0.05) is 24.8 Å². The lowest BCUT2D eigenvalue weighted by molar-refractivity contribution is -0.0598. The summed E-state index contributed by atoms with van der Waals surface area (Å²) in [5, 5.41) is 0. The Balaban J connectivity index is 1.92. The van der Waals surface area contributed by atoms with Gasteiger partial charge in [0.05, 0.1) is 0 Å². The largest absolute Gasteiger partial charge is 0.384 e. The molecule has 21 heavy (non-hydrogen) atoms. The van der Waals surface area contributed by atoms with Crippen LogP contribution in [0.15, 0.2) is 6.07 Å². The molecule has 3 rings (SSSR count). The van der Waals surface area contributed by atoms with Gasteiger partial charge in [0.1, 0.15) is 11.4 Å². The Bertz CT molecular complexity index is 489. The summed E-state index contributed by atoms with van der Waals surface area (Å²) in [6, 6.07) is 1.97. The minimum Gasteiger partial charge on any atom is -0.384 e. The number of nitrogens with zero attached hydrogens (tertiary/aromatic N) is 2. The molecule has 2 saturated carbocycles. The Morgan fingerprint density at radius 3 is 2.43 bits per heavy atom. The lowest BCUT2D eigenvalue weighted by Crippen LogP contribution is -2.35. The molecule has 2 aliphatic carbocycles. The number of hydrogen-bond donors (Lipinski definition) is 1. The lowest BCUT2D eigenvalue weighted by Gasteiger charge is -2.37. The van der Waals surface area contributed by atoms with Crippen molar-refractivity contribution in [3.63, 3.8) is 0 Å². The maximum absolute atomic E-state index is 6.07. The van der Waals surface area contributed by atoms with Crippen LogP contribution in [0.3, 0.4) is 0 Å². The predicted molar refractivity (Wildman–Crippen MR) is 84.0 cm³/mol. The molecule has 4 nitrogen and oxygen atoms in total. The second kappa shape index (κ2) is 5.91. The van der Waals surface area contributed by atoms with Crippen molar-refractivity contribution in [1.29, 1.82) is 0 Å². The van der Waals surface area contributed by atoms with Gasteiger partial charge < -0.3 is 10.5 Å². The van der Waals surface area contributed by atoms with E-state index in [0.717, 1.165) is 30.3 Å². The van der Waals surface area contributed by atoms with Gasteiger partial charge in [0.2, 0.25) is 0 Å². The third-order valence-corrected chi connectivity index (χ3v) is 5.42. The molecule has 1 aromatic heterocycles. The Labute approximate surface area is 127 Å². The smallest absolute Gasteiger partial charge is 0.162 e. The van der Waals surface area contributed by atoms with E-state index >= 15 is 0 Å². The summed E-state index contributed by atoms with van der Waals surface area (Å²) in [6.07, 6.45) is 9.40. The van der Waals surface area contributed by atoms with Crippen molar-refractivity contribution in [3.8, 4) is 0 Å². The van der Waals surface area contributed by atoms with Gasteiger partial charge in [-0.2, -0.15) is 0 Å². The maximum Gasteiger partial charge on any atom is 0.162 e. The summed E-state index contributed by atoms with van der Waals surface area (Å²) in [6.45, 7) is 2.31. The fourth-order valence-corrected chi connectivity index (χ4v) is 3.87. The molecule has 0 radical (unpaired) electrons. The van der Waals surface area contributed by atoms with E-state index in [1.54, 1.807) is 7.11 Å². The van der Waals surface area contributed by atoms with Crippen molar-refractivity contribution in [1.82, 2.24) is 9.97 Å². The van der Waals surface area contributed by atoms with Crippen molar-refractivity contribution in [2.45, 2.75) is 69.8 Å². The molecule has 4 heteroatoms. The van der Waals surface area contributed by atoms with E-state index in [1.807, 2.05) is 6.07 Å². The van der Waals surface area contributed by atoms with Crippen LogP contribution in [-0.4, -0.2) is 17.1 Å². The molecular weight excluding hydrogens is 262 g/mol. The first-order valence-corrected chi connectivity index (χ1v) is 8.33. The molecule has 116 valence electrons. The fourth-order valence-electron chi connectivity index (χ4n) is 3.87. The Morgan fingerprint density at radius 2 is 1.81 bits per heavy atom. The number of nitrogen functional groups attached to an aromatic ring is 1. The zero-order valence-corrected chi connectivity index (χ0v) is 13.3. The van der Waals surface area contributed by atoms with Crippen LogP contribution in [0, 0.1) is 5.92 Å². The molecule has 1 heterocycles. The van der Waals surface area contributed by atoms with E-state index in [9.17, 15) is 0 Å². The second-order valence-corrected chi connectivity index (χ2v) is 6.90. The number of ether oxygens (including phenoxy) is 1. The fraction of sp³-hybridized carbons (Fsp3) is 0.765. The van der Waals surface area contributed by atoms with E-state index in [1.165, 1.54) is 38.5 Å². The lowest BCUT2D eigenvalue weighted by atomic mass is 9.78. The van der Waals surface area contributed by atoms with Crippen LogP contribution in [0.1, 0.15) is 75.7 Å². The number of hydrogen-bond acceptors (Lipinski definition) is 4. The maximum atomic E-state index is 6.07. The van der Waals surface area contributed by atoms with Crippen LogP contribution < -0.4 is 5.73 Å². The van der Waals surface area contributed by atoms with E-state index in [0.29, 0.717) is 11.7 Å². The first-order chi connectivity index (χ1) is 10.1. The zero-order valence-electron chi connectivity index (χ0n) is 13.3. The number of methoxy groups -OCH3 is 1. The molecular formula is C17H27N3O. The van der Waals surface area contributed by atoms with Crippen LogP contribution in [0.4, 0.5) is 5.82 Å². The molecule has 0 saturated heterocycles. The standard InChI is InChI=1S/C17H27N3O/c1-12-7-9-17(21-2,10-8-12)16-19-14(11-15(18)20-16)13-5-3-4-6-13/h11-13H,3-10H2,1-2H3,(H2,18,19,20). The third kappa shape index (κ3) is 2.91. The second-order valence-electron chi connectivity index (χ2n) is 6.90. The molecule has 0 aliphatic heterocycles. The minimum atomic E-state index is -0.324. The van der Waals surface area contributed by atoms with E-state index in [2.05, 4.69) is 11.9 Å². The SMILES string of the molecule is COC1(c2nc(N)cc(C3CCCC3)n2)CCC(C)CC1. The van der Waals surface area contributed by atoms with Crippen molar-refractivity contribution in [2.75, 3.05) is 12.8 Å². The van der Waals surface area contributed by atoms with E-state index in [4.69, 9.17) is 15.5 Å². The molecule has 1 aromatic rings. The molecule has 0 bridgehead atoms. The highest BCUT2D eigenvalue weighted by Gasteiger charge is 2.39. The Hall–Kier alpha value is -1.16. The molecule has 0 amide bonds. The topological polar surface area (TPSA) is 61.0 Å². The van der Waals surface area contributed by atoms with Gasteiger partial charge in [-0.25, -0.2) is 9.97 Å². The molecule has 0 atom stereocenters. The number of anilines is 1. The van der Waals surface area contributed by atoms with Gasteiger partial charge >= 0.3 is 0 Å². The average Bonchev–Trinajstić information content (AvgIpc) is 3.02. The highest BCUT2D eigenvalue weighted by molar-refractivity contribution is 5.33. The number of aromatic nitrogens is 2. The van der Waals surface area contributed by atoms with E-state index in [-0.39, 0.29) is 5.60 Å². The predicted octanol–water partition coefficient (Wildman–Crippen LogP) is 3.77. The molecule has 0 aromatic carbocycles. The molecule has 2 N–H and O–H groups in total. The zero-order chi connectivity index (χ0) is 14.9. The average molecular weight is 289 g/mol. The van der Waals surface area contributed by atoms with Gasteiger partial charge in [-0.15, -0.1) is 0 Å². The van der Waals surface area contributed by atoms with Gasteiger partial charge in [-0.05, 0) is 44.4 Å². The summed E-state index contributed by atoms with van der Waals surface area (Å²) in [5.74, 6) is 2.74. The van der Waals surface area contributed by atoms with Crippen molar-refractivity contribution >= 4 is 5.82 Å². The molecule has 2 fully saturated rings. The summed E-state index contributed by atoms with van der Waals surface area (Å²) in [4.78, 5) is 9.43. The Kier molecular flexibility index (Phi) is 4.16. The van der Waals surface area contributed by atoms with Gasteiger partial charge in [-0.3, -0.25) is 0 Å². The van der Waals surface area contributed by atoms with Crippen LogP contribution in [0.2, 0.25) is 0 Å². The molecule has 2 aliphatic rings. The van der Waals surface area contributed by atoms with Crippen LogP contribution in [-0.2, 0) is 10.3 Å². The van der Waals surface area contributed by atoms with Crippen LogP contribution >= 0.6 is 0 Å². The molecule has 0 unspecified atom stereocenters. The third-order valence-electron chi connectivity index (χ3n) is 5.42. The number of nitrogens with two attached hydrogens (primary N) is 1. The molecule has 0 spiro atoms. The van der Waals surface area contributed by atoms with Crippen molar-refractivity contribution in [2.24, 2.45) is 5.92 Å². The summed E-state index contributed by atoms with van der Waals surface area (Å²) in [7, 11) is 1.79. The van der Waals surface area contributed by atoms with E-state index < -0.39 is 0 Å². The van der Waals surface area contributed by atoms with Gasteiger partial charge in [0.25, 0.3) is 0 Å². The minimum absolute atomic E-state index is 0.324. The highest BCUT2D eigenvalue weighted by Crippen LogP contribution is 2.42. The van der Waals surface area contributed by atoms with Crippen molar-refractivity contribution in [3.05, 3.63) is 17.6 Å². The quantitative estimate of drug-likeness (QED) is 0.920. The van der Waals surface area contributed by atoms with Crippen LogP contribution in [0.5, 0.6) is 0 Å². The summed E-state index contributed by atoms with van der Waals surface area (Å²) >= 11 is 0. The summed E-state index contributed by atoms with van der Waals surface area (Å²) < 4.78 is 5.91. The van der Waals surface area contributed by atoms with Crippen LogP contribution in [0.25, 0.3) is 0 Å². The highest BCUT2D eigenvalue weighted by atomic mass is 16.5. The first kappa shape index (κ1) is 14.8. The first-order valence-electron chi connectivity index (χ1n) is 8.33. The van der Waals surface area contributed by atoms with Crippen molar-refractivity contribution < 1.29 is 4.74 Å². The monoisotopic (exact) mass is 289 g/mol. The number of rotatable bonds is 3. The van der Waals surface area contributed by atoms with Gasteiger partial charge in [0.15, 0.2) is 5.82 Å². The Morgan fingerprint density at radius 1 is 1.14 bits per heavy atom. The van der Waals surface area contributed by atoms with Gasteiger partial charge in [-0.1, -0.05) is 19.8 Å². The summed E-state index contributed by atoms with van der Waals surface area (Å²) in [5.41, 5.74) is 6.87. The normalized spacial score (nSPS) is 30.7.